The SMILES string of the molecule is CN(CCC1CCNCC1)C(=O)C1CCC(n2cc(NC(=O)c3cnn4ccc(N5CCOCC5)nc34)c(C(F)F)n2)CC1. The molecule has 2 saturated heterocycles. The zero-order chi connectivity index (χ0) is 30.6. The van der Waals surface area contributed by atoms with Crippen molar-refractivity contribution < 1.29 is 23.1 Å². The molecule has 0 radical (unpaired) electrons. The topological polar surface area (TPSA) is 122 Å². The van der Waals surface area contributed by atoms with Crippen LogP contribution in [0.5, 0.6) is 0 Å². The molecule has 0 atom stereocenters. The number of ether oxygens (including phenoxy) is 1. The number of nitrogens with zero attached hydrogens (tertiary/aromatic N) is 7. The molecular weight excluding hydrogens is 572 g/mol. The maximum atomic E-state index is 14.1. The molecule has 1 aliphatic carbocycles. The molecule has 12 nitrogen and oxygen atoms in total. The van der Waals surface area contributed by atoms with Gasteiger partial charge in [0.05, 0.1) is 31.1 Å². The molecule has 0 bridgehead atoms. The molecule has 0 aromatic carbocycles. The van der Waals surface area contributed by atoms with E-state index in [1.165, 1.54) is 21.6 Å². The van der Waals surface area contributed by atoms with E-state index in [0.29, 0.717) is 69.4 Å². The first kappa shape index (κ1) is 30.4. The Morgan fingerprint density at radius 2 is 1.89 bits per heavy atom. The van der Waals surface area contributed by atoms with E-state index in [1.807, 2.05) is 18.0 Å². The van der Waals surface area contributed by atoms with Crippen LogP contribution >= 0.6 is 0 Å². The number of nitrogens with one attached hydrogen (secondary N) is 2. The van der Waals surface area contributed by atoms with E-state index in [4.69, 9.17) is 4.74 Å². The summed E-state index contributed by atoms with van der Waals surface area (Å²) >= 11 is 0. The second-order valence-electron chi connectivity index (χ2n) is 12.1. The minimum Gasteiger partial charge on any atom is -0.378 e. The van der Waals surface area contributed by atoms with Gasteiger partial charge in [0.2, 0.25) is 5.91 Å². The van der Waals surface area contributed by atoms with Crippen molar-refractivity contribution in [2.45, 2.75) is 57.4 Å². The highest BCUT2D eigenvalue weighted by molar-refractivity contribution is 6.08. The van der Waals surface area contributed by atoms with Gasteiger partial charge >= 0.3 is 0 Å². The van der Waals surface area contributed by atoms with Gasteiger partial charge in [0.25, 0.3) is 12.3 Å². The zero-order valence-electron chi connectivity index (χ0n) is 25.1. The summed E-state index contributed by atoms with van der Waals surface area (Å²) in [6.45, 7) is 5.41. The Bertz CT molecular complexity index is 1440. The summed E-state index contributed by atoms with van der Waals surface area (Å²) in [5.41, 5.74) is -0.00489. The lowest BCUT2D eigenvalue weighted by Crippen LogP contribution is -2.37. The number of hydrogen-bond acceptors (Lipinski definition) is 8. The highest BCUT2D eigenvalue weighted by Crippen LogP contribution is 2.36. The van der Waals surface area contributed by atoms with E-state index in [1.54, 1.807) is 6.20 Å². The van der Waals surface area contributed by atoms with Gasteiger partial charge in [-0.2, -0.15) is 10.2 Å². The molecule has 2 aliphatic heterocycles. The van der Waals surface area contributed by atoms with Crippen LogP contribution in [0.2, 0.25) is 0 Å². The Morgan fingerprint density at radius 1 is 1.14 bits per heavy atom. The number of anilines is 2. The third-order valence-corrected chi connectivity index (χ3v) is 9.28. The largest absolute Gasteiger partial charge is 0.378 e. The molecule has 3 aliphatic rings. The molecule has 6 rings (SSSR count). The third-order valence-electron chi connectivity index (χ3n) is 9.28. The number of fused-ring (bicyclic) bond motifs is 1. The molecule has 2 N–H and O–H groups in total. The second-order valence-corrected chi connectivity index (χ2v) is 12.1. The monoisotopic (exact) mass is 613 g/mol. The van der Waals surface area contributed by atoms with Crippen molar-refractivity contribution in [3.63, 3.8) is 0 Å². The lowest BCUT2D eigenvalue weighted by Gasteiger charge is -2.31. The zero-order valence-corrected chi connectivity index (χ0v) is 25.1. The van der Waals surface area contributed by atoms with Crippen molar-refractivity contribution in [3.8, 4) is 0 Å². The molecule has 1 saturated carbocycles. The van der Waals surface area contributed by atoms with E-state index < -0.39 is 18.0 Å². The average Bonchev–Trinajstić information content (AvgIpc) is 3.69. The van der Waals surface area contributed by atoms with Crippen LogP contribution in [0.1, 0.15) is 73.5 Å². The highest BCUT2D eigenvalue weighted by atomic mass is 19.3. The second kappa shape index (κ2) is 13.6. The van der Waals surface area contributed by atoms with Gasteiger partial charge in [-0.05, 0) is 70.0 Å². The maximum absolute atomic E-state index is 14.1. The van der Waals surface area contributed by atoms with Crippen LogP contribution in [0.3, 0.4) is 0 Å². The molecular formula is C30H41F2N9O3. The van der Waals surface area contributed by atoms with E-state index in [2.05, 4.69) is 30.7 Å². The lowest BCUT2D eigenvalue weighted by molar-refractivity contribution is -0.135. The summed E-state index contributed by atoms with van der Waals surface area (Å²) in [5.74, 6) is 0.864. The van der Waals surface area contributed by atoms with Gasteiger partial charge in [0.15, 0.2) is 11.3 Å². The summed E-state index contributed by atoms with van der Waals surface area (Å²) in [7, 11) is 1.88. The van der Waals surface area contributed by atoms with Crippen molar-refractivity contribution in [2.24, 2.45) is 11.8 Å². The number of aromatic nitrogens is 5. The first-order valence-corrected chi connectivity index (χ1v) is 15.7. The minimum absolute atomic E-state index is 0.0375. The Morgan fingerprint density at radius 3 is 2.61 bits per heavy atom. The fourth-order valence-electron chi connectivity index (χ4n) is 6.58. The molecule has 14 heteroatoms. The van der Waals surface area contributed by atoms with Crippen LogP contribution in [0.25, 0.3) is 5.65 Å². The van der Waals surface area contributed by atoms with E-state index in [-0.39, 0.29) is 29.1 Å². The number of morpholine rings is 1. The predicted molar refractivity (Wildman–Crippen MR) is 160 cm³/mol. The summed E-state index contributed by atoms with van der Waals surface area (Å²) in [6, 6.07) is 1.69. The molecule has 3 fully saturated rings. The highest BCUT2D eigenvalue weighted by Gasteiger charge is 2.31. The standard InChI is InChI=1S/C30H41F2N9O3/c1-38(12-8-20-6-10-33-11-7-20)30(43)21-2-4-22(5-3-21)41-19-24(26(37-41)27(31)32)35-29(42)23-18-34-40-13-9-25(36-28(23)40)39-14-16-44-17-15-39/h9,13,18-22,27,33H,2-8,10-12,14-17H2,1H3,(H,35,42). The van der Waals surface area contributed by atoms with Gasteiger partial charge in [-0.25, -0.2) is 18.3 Å². The normalized spacial score (nSPS) is 21.6. The smallest absolute Gasteiger partial charge is 0.284 e. The molecule has 0 spiro atoms. The predicted octanol–water partition coefficient (Wildman–Crippen LogP) is 3.53. The van der Waals surface area contributed by atoms with E-state index >= 15 is 0 Å². The maximum Gasteiger partial charge on any atom is 0.284 e. The van der Waals surface area contributed by atoms with Crippen molar-refractivity contribution >= 4 is 29.0 Å². The van der Waals surface area contributed by atoms with Gasteiger partial charge < -0.3 is 25.2 Å². The first-order valence-electron chi connectivity index (χ1n) is 15.7. The van der Waals surface area contributed by atoms with Crippen molar-refractivity contribution in [2.75, 3.05) is 63.2 Å². The van der Waals surface area contributed by atoms with Gasteiger partial charge in [-0.1, -0.05) is 0 Å². The Hall–Kier alpha value is -3.65. The molecule has 0 unspecified atom stereocenters. The number of amides is 2. The number of hydrogen-bond donors (Lipinski definition) is 2. The number of carbonyl (C=O) groups excluding carboxylic acids is 2. The Kier molecular flexibility index (Phi) is 9.36. The minimum atomic E-state index is -2.87. The molecule has 5 heterocycles. The van der Waals surface area contributed by atoms with Gasteiger partial charge in [0, 0.05) is 45.0 Å². The molecule has 44 heavy (non-hydrogen) atoms. The van der Waals surface area contributed by atoms with Crippen molar-refractivity contribution in [1.82, 2.24) is 34.6 Å². The fraction of sp³-hybridized carbons (Fsp3) is 0.633. The van der Waals surface area contributed by atoms with Crippen LogP contribution < -0.4 is 15.5 Å². The summed E-state index contributed by atoms with van der Waals surface area (Å²) < 4.78 is 36.5. The van der Waals surface area contributed by atoms with Crippen molar-refractivity contribution in [3.05, 3.63) is 35.9 Å². The number of rotatable bonds is 9. The van der Waals surface area contributed by atoms with Gasteiger partial charge in [0.1, 0.15) is 11.4 Å². The summed E-state index contributed by atoms with van der Waals surface area (Å²) in [4.78, 5) is 35.0. The fourth-order valence-corrected chi connectivity index (χ4v) is 6.58. The van der Waals surface area contributed by atoms with E-state index in [0.717, 1.165) is 38.9 Å². The third kappa shape index (κ3) is 6.70. The van der Waals surface area contributed by atoms with Crippen LogP contribution in [0.15, 0.2) is 24.7 Å². The quantitative estimate of drug-likeness (QED) is 0.376. The van der Waals surface area contributed by atoms with Crippen LogP contribution in [0.4, 0.5) is 20.3 Å². The number of alkyl halides is 2. The average molecular weight is 614 g/mol. The van der Waals surface area contributed by atoms with Crippen LogP contribution in [-0.4, -0.2) is 94.1 Å². The number of halogens is 2. The van der Waals surface area contributed by atoms with Crippen LogP contribution in [-0.2, 0) is 9.53 Å². The van der Waals surface area contributed by atoms with E-state index in [9.17, 15) is 18.4 Å². The first-order chi connectivity index (χ1) is 21.4. The Balaban J connectivity index is 1.09. The van der Waals surface area contributed by atoms with Gasteiger partial charge in [-0.3, -0.25) is 14.3 Å². The molecule has 238 valence electrons. The Labute approximate surface area is 255 Å². The van der Waals surface area contributed by atoms with Gasteiger partial charge in [-0.15, -0.1) is 0 Å². The number of carbonyl (C=O) groups is 2. The molecule has 3 aromatic rings. The van der Waals surface area contributed by atoms with Crippen molar-refractivity contribution in [1.29, 1.82) is 0 Å². The molecule has 2 amide bonds. The summed E-state index contributed by atoms with van der Waals surface area (Å²) in [6.07, 6.45) is 7.71. The summed E-state index contributed by atoms with van der Waals surface area (Å²) in [5, 5.41) is 14.4. The molecule has 3 aromatic heterocycles. The number of piperidine rings is 1. The van der Waals surface area contributed by atoms with Crippen LogP contribution in [0, 0.1) is 11.8 Å². The lowest BCUT2D eigenvalue weighted by atomic mass is 9.85.